The highest BCUT2D eigenvalue weighted by Crippen LogP contribution is 2.27. The zero-order valence-electron chi connectivity index (χ0n) is 18.4. The van der Waals surface area contributed by atoms with Gasteiger partial charge in [0.25, 0.3) is 0 Å². The Kier molecular flexibility index (Phi) is 8.15. The topological polar surface area (TPSA) is 69.0 Å². The number of halogens is 2. The average molecular weight is 477 g/mol. The molecule has 170 valence electrons. The van der Waals surface area contributed by atoms with Crippen molar-refractivity contribution in [1.82, 2.24) is 14.8 Å². The van der Waals surface area contributed by atoms with Crippen molar-refractivity contribution >= 4 is 35.0 Å². The number of rotatable bonds is 9. The molecule has 1 unspecified atom stereocenters. The summed E-state index contributed by atoms with van der Waals surface area (Å²) < 4.78 is 21.7. The summed E-state index contributed by atoms with van der Waals surface area (Å²) in [6.45, 7) is 8.50. The first kappa shape index (κ1) is 24.1. The third-order valence-electron chi connectivity index (χ3n) is 4.59. The molecule has 2 aromatic carbocycles. The van der Waals surface area contributed by atoms with Crippen LogP contribution in [0.1, 0.15) is 38.3 Å². The maximum atomic E-state index is 14.0. The summed E-state index contributed by atoms with van der Waals surface area (Å²) in [5.74, 6) is 0.598. The molecule has 0 saturated heterocycles. The lowest BCUT2D eigenvalue weighted by Crippen LogP contribution is -2.17. The lowest BCUT2D eigenvalue weighted by Gasteiger charge is -2.18. The summed E-state index contributed by atoms with van der Waals surface area (Å²) in [5.41, 5.74) is 1.59. The Morgan fingerprint density at radius 3 is 2.66 bits per heavy atom. The van der Waals surface area contributed by atoms with Crippen LogP contribution in [0, 0.1) is 18.7 Å². The zero-order valence-corrected chi connectivity index (χ0v) is 20.0. The summed E-state index contributed by atoms with van der Waals surface area (Å²) in [5, 5.41) is 12.6. The Morgan fingerprint density at radius 1 is 1.22 bits per heavy atom. The van der Waals surface area contributed by atoms with E-state index in [1.807, 2.05) is 23.6 Å². The van der Waals surface area contributed by atoms with Crippen LogP contribution in [-0.4, -0.2) is 26.4 Å². The third kappa shape index (κ3) is 6.23. The van der Waals surface area contributed by atoms with Crippen molar-refractivity contribution in [2.24, 2.45) is 5.92 Å². The van der Waals surface area contributed by atoms with Crippen LogP contribution < -0.4 is 10.1 Å². The van der Waals surface area contributed by atoms with E-state index in [9.17, 15) is 9.18 Å². The number of nitrogens with one attached hydrogen (secondary N) is 1. The quantitative estimate of drug-likeness (QED) is 0.389. The molecule has 0 aliphatic carbocycles. The van der Waals surface area contributed by atoms with Crippen molar-refractivity contribution < 1.29 is 13.9 Å². The molecule has 0 spiro atoms. The second-order valence-corrected chi connectivity index (χ2v) is 9.19. The van der Waals surface area contributed by atoms with Crippen molar-refractivity contribution in [3.63, 3.8) is 0 Å². The minimum atomic E-state index is -0.518. The van der Waals surface area contributed by atoms with Crippen LogP contribution in [-0.2, 0) is 11.3 Å². The predicted octanol–water partition coefficient (Wildman–Crippen LogP) is 5.91. The third-order valence-corrected chi connectivity index (χ3v) is 5.96. The number of anilines is 1. The molecule has 0 saturated carbocycles. The van der Waals surface area contributed by atoms with Gasteiger partial charge in [-0.1, -0.05) is 55.4 Å². The molecule has 9 heteroatoms. The summed E-state index contributed by atoms with van der Waals surface area (Å²) in [4.78, 5) is 12.4. The lowest BCUT2D eigenvalue weighted by molar-refractivity contribution is -0.113. The summed E-state index contributed by atoms with van der Waals surface area (Å²) >= 11 is 7.41. The fourth-order valence-electron chi connectivity index (χ4n) is 3.03. The van der Waals surface area contributed by atoms with Crippen LogP contribution in [0.2, 0.25) is 5.02 Å². The smallest absolute Gasteiger partial charge is 0.234 e. The number of benzene rings is 2. The minimum absolute atomic E-state index is 0.157. The van der Waals surface area contributed by atoms with Gasteiger partial charge in [-0.2, -0.15) is 0 Å². The Labute approximate surface area is 196 Å². The van der Waals surface area contributed by atoms with Gasteiger partial charge in [0.05, 0.1) is 5.75 Å². The van der Waals surface area contributed by atoms with Crippen molar-refractivity contribution in [1.29, 1.82) is 0 Å². The highest BCUT2D eigenvalue weighted by Gasteiger charge is 2.22. The normalized spacial score (nSPS) is 12.1. The van der Waals surface area contributed by atoms with Gasteiger partial charge in [-0.05, 0) is 49.6 Å². The largest absolute Gasteiger partial charge is 0.480 e. The number of ether oxygens (including phenoxy) is 1. The Morgan fingerprint density at radius 2 is 1.97 bits per heavy atom. The molecule has 6 nitrogen and oxygen atoms in total. The maximum absolute atomic E-state index is 14.0. The van der Waals surface area contributed by atoms with Gasteiger partial charge in [0.15, 0.2) is 28.7 Å². The predicted molar refractivity (Wildman–Crippen MR) is 126 cm³/mol. The highest BCUT2D eigenvalue weighted by atomic mass is 35.5. The molecule has 1 aromatic heterocycles. The molecule has 0 bridgehead atoms. The number of nitrogens with zero attached hydrogens (tertiary/aromatic N) is 3. The number of thioether (sulfide) groups is 1. The number of aromatic nitrogens is 3. The molecular weight excluding hydrogens is 451 g/mol. The van der Waals surface area contributed by atoms with E-state index < -0.39 is 11.9 Å². The van der Waals surface area contributed by atoms with Crippen LogP contribution in [0.5, 0.6) is 5.75 Å². The number of hydrogen-bond donors (Lipinski definition) is 1. The van der Waals surface area contributed by atoms with E-state index in [0.29, 0.717) is 34.2 Å². The standard InChI is InChI=1S/C23H26ClFN4O2S/c1-14(2)12-29-22(16(4)31-20-8-6-5-7-19(20)25)27-28-23(29)32-13-21(30)26-17-10-9-15(3)18(24)11-17/h5-11,14,16H,12-13H2,1-4H3,(H,26,30). The van der Waals surface area contributed by atoms with Gasteiger partial charge in [0, 0.05) is 17.3 Å². The van der Waals surface area contributed by atoms with Gasteiger partial charge < -0.3 is 14.6 Å². The second kappa shape index (κ2) is 10.8. The Hall–Kier alpha value is -2.58. The number of para-hydroxylation sites is 1. The van der Waals surface area contributed by atoms with Gasteiger partial charge in [-0.15, -0.1) is 10.2 Å². The number of carbonyl (C=O) groups is 1. The summed E-state index contributed by atoms with van der Waals surface area (Å²) in [7, 11) is 0. The molecule has 1 atom stereocenters. The van der Waals surface area contributed by atoms with Gasteiger partial charge in [-0.25, -0.2) is 4.39 Å². The zero-order chi connectivity index (χ0) is 23.3. The van der Waals surface area contributed by atoms with Gasteiger partial charge in [0.1, 0.15) is 0 Å². The van der Waals surface area contributed by atoms with E-state index in [2.05, 4.69) is 29.4 Å². The SMILES string of the molecule is Cc1ccc(NC(=O)CSc2nnc(C(C)Oc3ccccc3F)n2CC(C)C)cc1Cl. The number of carbonyl (C=O) groups excluding carboxylic acids is 1. The fourth-order valence-corrected chi connectivity index (χ4v) is 3.96. The molecule has 0 aliphatic heterocycles. The van der Waals surface area contributed by atoms with Crippen LogP contribution >= 0.6 is 23.4 Å². The van der Waals surface area contributed by atoms with Crippen molar-refractivity contribution in [2.45, 2.75) is 45.5 Å². The monoisotopic (exact) mass is 476 g/mol. The molecule has 0 aliphatic rings. The van der Waals surface area contributed by atoms with E-state index in [1.54, 1.807) is 31.2 Å². The average Bonchev–Trinajstić information content (AvgIpc) is 3.13. The van der Waals surface area contributed by atoms with E-state index in [0.717, 1.165) is 5.56 Å². The molecule has 1 amide bonds. The second-order valence-electron chi connectivity index (χ2n) is 7.84. The van der Waals surface area contributed by atoms with Crippen LogP contribution in [0.25, 0.3) is 0 Å². The molecule has 3 aromatic rings. The summed E-state index contributed by atoms with van der Waals surface area (Å²) in [6, 6.07) is 11.6. The molecule has 1 heterocycles. The van der Waals surface area contributed by atoms with Crippen LogP contribution in [0.15, 0.2) is 47.6 Å². The molecule has 0 fully saturated rings. The van der Waals surface area contributed by atoms with Gasteiger partial charge in [-0.3, -0.25) is 4.79 Å². The van der Waals surface area contributed by atoms with E-state index in [-0.39, 0.29) is 17.4 Å². The lowest BCUT2D eigenvalue weighted by atomic mass is 10.2. The summed E-state index contributed by atoms with van der Waals surface area (Å²) in [6.07, 6.45) is -0.518. The van der Waals surface area contributed by atoms with E-state index in [4.69, 9.17) is 16.3 Å². The maximum Gasteiger partial charge on any atom is 0.234 e. The van der Waals surface area contributed by atoms with Gasteiger partial charge in [0.2, 0.25) is 5.91 Å². The Balaban J connectivity index is 1.70. The molecule has 32 heavy (non-hydrogen) atoms. The van der Waals surface area contributed by atoms with Crippen molar-refractivity contribution in [3.05, 3.63) is 64.7 Å². The molecule has 0 radical (unpaired) electrons. The molecular formula is C23H26ClFN4O2S. The number of hydrogen-bond acceptors (Lipinski definition) is 5. The highest BCUT2D eigenvalue weighted by molar-refractivity contribution is 7.99. The van der Waals surface area contributed by atoms with Gasteiger partial charge >= 0.3 is 0 Å². The molecule has 1 N–H and O–H groups in total. The number of amides is 1. The van der Waals surface area contributed by atoms with Crippen molar-refractivity contribution in [3.8, 4) is 5.75 Å². The number of aryl methyl sites for hydroxylation is 1. The molecule has 3 rings (SSSR count). The first-order valence-electron chi connectivity index (χ1n) is 10.3. The van der Waals surface area contributed by atoms with Crippen molar-refractivity contribution in [2.75, 3.05) is 11.1 Å². The van der Waals surface area contributed by atoms with E-state index >= 15 is 0 Å². The van der Waals surface area contributed by atoms with Crippen LogP contribution in [0.3, 0.4) is 0 Å². The first-order chi connectivity index (χ1) is 15.2. The first-order valence-corrected chi connectivity index (χ1v) is 11.6. The fraction of sp³-hybridized carbons (Fsp3) is 0.348. The minimum Gasteiger partial charge on any atom is -0.480 e. The Bertz CT molecular complexity index is 1090. The van der Waals surface area contributed by atoms with Crippen LogP contribution in [0.4, 0.5) is 10.1 Å². The van der Waals surface area contributed by atoms with E-state index in [1.165, 1.54) is 17.8 Å².